The van der Waals surface area contributed by atoms with E-state index in [1.54, 1.807) is 53.6 Å². The van der Waals surface area contributed by atoms with Crippen LogP contribution < -0.4 is 5.32 Å². The molecule has 162 valence electrons. The minimum Gasteiger partial charge on any atom is -0.322 e. The van der Waals surface area contributed by atoms with Crippen LogP contribution in [0.15, 0.2) is 66.1 Å². The highest BCUT2D eigenvalue weighted by Crippen LogP contribution is 2.27. The van der Waals surface area contributed by atoms with Crippen molar-refractivity contribution in [2.75, 3.05) is 11.9 Å². The predicted octanol–water partition coefficient (Wildman–Crippen LogP) is 4.34. The predicted molar refractivity (Wildman–Crippen MR) is 120 cm³/mol. The van der Waals surface area contributed by atoms with Gasteiger partial charge in [-0.2, -0.15) is 4.31 Å². The Morgan fingerprint density at radius 2 is 2.03 bits per heavy atom. The number of carbonyl (C=O) groups excluding carboxylic acids is 1. The van der Waals surface area contributed by atoms with Crippen molar-refractivity contribution in [3.05, 3.63) is 71.8 Å². The van der Waals surface area contributed by atoms with Gasteiger partial charge in [0.15, 0.2) is 0 Å². The molecule has 0 saturated carbocycles. The standard InChI is InChI=1S/C22H23ClN4O3S/c1-16-5-2-3-11-27(16)31(29,30)19-7-4-6-17(13-19)22(28)25-18-8-9-21(20(23)14-18)26-12-10-24-15-26/h4,6-10,12-16H,2-3,5,11H2,1H3,(H,25,28). The maximum Gasteiger partial charge on any atom is 0.255 e. The van der Waals surface area contributed by atoms with Crippen molar-refractivity contribution in [2.45, 2.75) is 37.1 Å². The summed E-state index contributed by atoms with van der Waals surface area (Å²) in [6.45, 7) is 2.42. The zero-order chi connectivity index (χ0) is 22.0. The lowest BCUT2D eigenvalue weighted by atomic mass is 10.1. The average Bonchev–Trinajstić information content (AvgIpc) is 3.28. The number of piperidine rings is 1. The Morgan fingerprint density at radius 3 is 2.74 bits per heavy atom. The highest BCUT2D eigenvalue weighted by atomic mass is 35.5. The van der Waals surface area contributed by atoms with E-state index in [-0.39, 0.29) is 16.5 Å². The minimum atomic E-state index is -3.65. The van der Waals surface area contributed by atoms with Crippen LogP contribution in [-0.4, -0.2) is 40.8 Å². The average molecular weight is 459 g/mol. The topological polar surface area (TPSA) is 84.3 Å². The van der Waals surface area contributed by atoms with Crippen LogP contribution in [-0.2, 0) is 10.0 Å². The number of carbonyl (C=O) groups is 1. The highest BCUT2D eigenvalue weighted by Gasteiger charge is 2.31. The Balaban J connectivity index is 1.54. The van der Waals surface area contributed by atoms with Gasteiger partial charge < -0.3 is 9.88 Å². The van der Waals surface area contributed by atoms with E-state index in [0.29, 0.717) is 17.3 Å². The summed E-state index contributed by atoms with van der Waals surface area (Å²) < 4.78 is 29.5. The second-order valence-corrected chi connectivity index (χ2v) is 9.88. The van der Waals surface area contributed by atoms with E-state index in [9.17, 15) is 13.2 Å². The van der Waals surface area contributed by atoms with Crippen LogP contribution in [0.5, 0.6) is 0 Å². The Bertz CT molecular complexity index is 1200. The molecule has 1 N–H and O–H groups in total. The van der Waals surface area contributed by atoms with Gasteiger partial charge in [0.2, 0.25) is 10.0 Å². The summed E-state index contributed by atoms with van der Waals surface area (Å²) in [5.41, 5.74) is 1.51. The summed E-state index contributed by atoms with van der Waals surface area (Å²) in [6, 6.07) is 11.2. The first kappa shape index (κ1) is 21.5. The quantitative estimate of drug-likeness (QED) is 0.616. The van der Waals surface area contributed by atoms with E-state index in [1.165, 1.54) is 16.4 Å². The molecular formula is C22H23ClN4O3S. The number of sulfonamides is 1. The van der Waals surface area contributed by atoms with Crippen LogP contribution in [0.1, 0.15) is 36.5 Å². The summed E-state index contributed by atoms with van der Waals surface area (Å²) in [5.74, 6) is -0.407. The van der Waals surface area contributed by atoms with Gasteiger partial charge in [-0.15, -0.1) is 0 Å². The van der Waals surface area contributed by atoms with Crippen LogP contribution in [0.4, 0.5) is 5.69 Å². The van der Waals surface area contributed by atoms with Crippen molar-refractivity contribution in [2.24, 2.45) is 0 Å². The van der Waals surface area contributed by atoms with E-state index in [4.69, 9.17) is 11.6 Å². The zero-order valence-electron chi connectivity index (χ0n) is 17.0. The molecule has 31 heavy (non-hydrogen) atoms. The number of nitrogens with one attached hydrogen (secondary N) is 1. The number of nitrogens with zero attached hydrogens (tertiary/aromatic N) is 3. The number of imidazole rings is 1. The lowest BCUT2D eigenvalue weighted by molar-refractivity contribution is 0.102. The molecule has 1 saturated heterocycles. The van der Waals surface area contributed by atoms with Crippen LogP contribution in [0.2, 0.25) is 5.02 Å². The zero-order valence-corrected chi connectivity index (χ0v) is 18.6. The molecule has 2 aromatic carbocycles. The molecule has 1 aromatic heterocycles. The molecule has 1 fully saturated rings. The summed E-state index contributed by atoms with van der Waals surface area (Å²) in [6.07, 6.45) is 7.77. The van der Waals surface area contributed by atoms with Gasteiger partial charge in [-0.3, -0.25) is 4.79 Å². The largest absolute Gasteiger partial charge is 0.322 e. The summed E-state index contributed by atoms with van der Waals surface area (Å²) in [4.78, 5) is 16.9. The fourth-order valence-corrected chi connectivity index (χ4v) is 5.78. The van der Waals surface area contributed by atoms with E-state index in [0.717, 1.165) is 24.9 Å². The molecule has 3 aromatic rings. The molecule has 1 atom stereocenters. The van der Waals surface area contributed by atoms with Gasteiger partial charge in [0, 0.05) is 36.2 Å². The van der Waals surface area contributed by atoms with Crippen LogP contribution in [0.3, 0.4) is 0 Å². The number of rotatable bonds is 5. The molecular weight excluding hydrogens is 436 g/mol. The third-order valence-electron chi connectivity index (χ3n) is 5.43. The molecule has 2 heterocycles. The molecule has 7 nitrogen and oxygen atoms in total. The number of halogens is 1. The number of anilines is 1. The third kappa shape index (κ3) is 4.51. The molecule has 1 unspecified atom stereocenters. The Labute approximate surface area is 186 Å². The number of aromatic nitrogens is 2. The Morgan fingerprint density at radius 1 is 1.19 bits per heavy atom. The van der Waals surface area contributed by atoms with E-state index in [2.05, 4.69) is 10.3 Å². The molecule has 0 bridgehead atoms. The number of amides is 1. The molecule has 1 aliphatic heterocycles. The van der Waals surface area contributed by atoms with Crippen molar-refractivity contribution >= 4 is 33.2 Å². The third-order valence-corrected chi connectivity index (χ3v) is 7.75. The first-order valence-electron chi connectivity index (χ1n) is 10.1. The van der Waals surface area contributed by atoms with E-state index in [1.807, 2.05) is 6.92 Å². The fourth-order valence-electron chi connectivity index (χ4n) is 3.76. The molecule has 1 aliphatic rings. The van der Waals surface area contributed by atoms with Crippen molar-refractivity contribution in [3.8, 4) is 5.69 Å². The molecule has 0 radical (unpaired) electrons. The maximum absolute atomic E-state index is 13.1. The molecule has 0 spiro atoms. The van der Waals surface area contributed by atoms with Crippen LogP contribution in [0.25, 0.3) is 5.69 Å². The van der Waals surface area contributed by atoms with Gasteiger partial charge in [-0.05, 0) is 56.2 Å². The second-order valence-electron chi connectivity index (χ2n) is 7.58. The number of hydrogen-bond acceptors (Lipinski definition) is 4. The van der Waals surface area contributed by atoms with Crippen molar-refractivity contribution < 1.29 is 13.2 Å². The van der Waals surface area contributed by atoms with Gasteiger partial charge in [-0.1, -0.05) is 24.1 Å². The second kappa shape index (κ2) is 8.82. The number of hydrogen-bond donors (Lipinski definition) is 1. The Kier molecular flexibility index (Phi) is 6.13. The highest BCUT2D eigenvalue weighted by molar-refractivity contribution is 7.89. The van der Waals surface area contributed by atoms with Gasteiger partial charge in [-0.25, -0.2) is 13.4 Å². The van der Waals surface area contributed by atoms with E-state index >= 15 is 0 Å². The first-order valence-corrected chi connectivity index (χ1v) is 11.9. The summed E-state index contributed by atoms with van der Waals surface area (Å²) in [5, 5.41) is 3.23. The van der Waals surface area contributed by atoms with Crippen LogP contribution in [0, 0.1) is 0 Å². The molecule has 4 rings (SSSR count). The first-order chi connectivity index (χ1) is 14.9. The lowest BCUT2D eigenvalue weighted by Crippen LogP contribution is -2.41. The van der Waals surface area contributed by atoms with Gasteiger partial charge in [0.05, 0.1) is 21.9 Å². The molecule has 9 heteroatoms. The van der Waals surface area contributed by atoms with Gasteiger partial charge in [0.25, 0.3) is 5.91 Å². The fraction of sp³-hybridized carbons (Fsp3) is 0.273. The molecule has 0 aliphatic carbocycles. The summed E-state index contributed by atoms with van der Waals surface area (Å²) in [7, 11) is -3.65. The van der Waals surface area contributed by atoms with Gasteiger partial charge in [0.1, 0.15) is 0 Å². The summed E-state index contributed by atoms with van der Waals surface area (Å²) >= 11 is 6.35. The van der Waals surface area contributed by atoms with Crippen LogP contribution >= 0.6 is 11.6 Å². The minimum absolute atomic E-state index is 0.0487. The maximum atomic E-state index is 13.1. The lowest BCUT2D eigenvalue weighted by Gasteiger charge is -2.32. The van der Waals surface area contributed by atoms with Crippen molar-refractivity contribution in [3.63, 3.8) is 0 Å². The van der Waals surface area contributed by atoms with Crippen molar-refractivity contribution in [1.82, 2.24) is 13.9 Å². The smallest absolute Gasteiger partial charge is 0.255 e. The Hall–Kier alpha value is -2.68. The number of benzene rings is 2. The van der Waals surface area contributed by atoms with Gasteiger partial charge >= 0.3 is 0 Å². The molecule has 1 amide bonds. The monoisotopic (exact) mass is 458 g/mol. The SMILES string of the molecule is CC1CCCCN1S(=O)(=O)c1cccc(C(=O)Nc2ccc(-n3ccnc3)c(Cl)c2)c1. The van der Waals surface area contributed by atoms with Crippen molar-refractivity contribution in [1.29, 1.82) is 0 Å². The van der Waals surface area contributed by atoms with E-state index < -0.39 is 15.9 Å². The normalized spacial score (nSPS) is 17.4.